The number of hydrogen-bond acceptors (Lipinski definition) is 4. The summed E-state index contributed by atoms with van der Waals surface area (Å²) in [5.41, 5.74) is 3.45. The summed E-state index contributed by atoms with van der Waals surface area (Å²) in [6.45, 7) is 2.06. The van der Waals surface area contributed by atoms with Crippen molar-refractivity contribution in [1.82, 2.24) is 0 Å². The average molecular weight is 459 g/mol. The van der Waals surface area contributed by atoms with Crippen LogP contribution in [0.4, 0.5) is 0 Å². The number of benzene rings is 3. The van der Waals surface area contributed by atoms with Gasteiger partial charge in [-0.25, -0.2) is 0 Å². The Balaban J connectivity index is 1.43. The van der Waals surface area contributed by atoms with Gasteiger partial charge in [0.2, 0.25) is 0 Å². The largest absolute Gasteiger partial charge is 0.507 e. The van der Waals surface area contributed by atoms with Crippen molar-refractivity contribution >= 4 is 10.8 Å². The number of para-hydroxylation sites is 1. The van der Waals surface area contributed by atoms with Gasteiger partial charge in [0.05, 0.1) is 0 Å². The summed E-state index contributed by atoms with van der Waals surface area (Å²) in [4.78, 5) is 0. The van der Waals surface area contributed by atoms with Crippen LogP contribution < -0.4 is 4.74 Å². The van der Waals surface area contributed by atoms with Gasteiger partial charge in [0, 0.05) is 18.2 Å². The zero-order valence-corrected chi connectivity index (χ0v) is 20.1. The molecule has 178 valence electrons. The number of methoxy groups -OCH3 is 1. The van der Waals surface area contributed by atoms with Crippen molar-refractivity contribution < 1.29 is 19.3 Å². The van der Waals surface area contributed by atoms with Crippen LogP contribution in [0.25, 0.3) is 21.9 Å². The van der Waals surface area contributed by atoms with Crippen LogP contribution in [-0.2, 0) is 14.9 Å². The summed E-state index contributed by atoms with van der Waals surface area (Å²) in [7, 11) is 1.64. The predicted octanol–water partition coefficient (Wildman–Crippen LogP) is 7.03. The minimum atomic E-state index is -0.301. The Morgan fingerprint density at radius 1 is 0.912 bits per heavy atom. The maximum atomic E-state index is 10.4. The van der Waals surface area contributed by atoms with Gasteiger partial charge in [-0.2, -0.15) is 0 Å². The van der Waals surface area contributed by atoms with Gasteiger partial charge in [-0.15, -0.1) is 0 Å². The van der Waals surface area contributed by atoms with Crippen LogP contribution in [-0.4, -0.2) is 25.3 Å². The third-order valence-corrected chi connectivity index (χ3v) is 8.61. The topological polar surface area (TPSA) is 47.9 Å². The molecule has 0 radical (unpaired) electrons. The molecule has 1 unspecified atom stereocenters. The van der Waals surface area contributed by atoms with E-state index in [1.54, 1.807) is 13.2 Å². The Labute approximate surface area is 201 Å². The molecule has 4 saturated carbocycles. The molecule has 0 heterocycles. The standard InChI is InChI=1S/C30H34O4/c1-19(32-2)33-18-34-29-14-23-7-8-24(26-5-3-4-6-28(26)31)12-25(23)13-27(29)30-15-20-9-21(16-30)11-22(10-20)17-30/h3-8,12-14,19-22,31H,9-11,15-18H2,1-2H3. The van der Waals surface area contributed by atoms with Gasteiger partial charge in [-0.1, -0.05) is 30.3 Å². The number of aromatic hydroxyl groups is 1. The van der Waals surface area contributed by atoms with E-state index >= 15 is 0 Å². The lowest BCUT2D eigenvalue weighted by atomic mass is 9.48. The molecule has 4 aliphatic carbocycles. The fourth-order valence-corrected chi connectivity index (χ4v) is 7.40. The minimum absolute atomic E-state index is 0.176. The Kier molecular flexibility index (Phi) is 5.54. The van der Waals surface area contributed by atoms with Crippen LogP contribution in [0.3, 0.4) is 0 Å². The first-order valence-electron chi connectivity index (χ1n) is 12.7. The lowest BCUT2D eigenvalue weighted by molar-refractivity contribution is -0.150. The average Bonchev–Trinajstić information content (AvgIpc) is 2.82. The molecule has 4 aliphatic rings. The molecule has 3 aromatic carbocycles. The summed E-state index contributed by atoms with van der Waals surface area (Å²) in [5, 5.41) is 12.7. The number of ether oxygens (including phenoxy) is 3. The van der Waals surface area contributed by atoms with E-state index in [-0.39, 0.29) is 18.5 Å². The first-order valence-corrected chi connectivity index (χ1v) is 12.7. The van der Waals surface area contributed by atoms with Gasteiger partial charge in [0.1, 0.15) is 11.5 Å². The molecule has 0 saturated heterocycles. The number of phenolic OH excluding ortho intramolecular Hbond substituents is 1. The zero-order chi connectivity index (χ0) is 23.3. The summed E-state index contributed by atoms with van der Waals surface area (Å²) in [5.74, 6) is 3.83. The van der Waals surface area contributed by atoms with Crippen molar-refractivity contribution in [2.75, 3.05) is 13.9 Å². The Morgan fingerprint density at radius 2 is 1.62 bits per heavy atom. The van der Waals surface area contributed by atoms with Crippen LogP contribution in [0.15, 0.2) is 54.6 Å². The minimum Gasteiger partial charge on any atom is -0.507 e. The third-order valence-electron chi connectivity index (χ3n) is 8.61. The highest BCUT2D eigenvalue weighted by Crippen LogP contribution is 2.62. The highest BCUT2D eigenvalue weighted by molar-refractivity contribution is 5.90. The number of fused-ring (bicyclic) bond motifs is 1. The molecule has 34 heavy (non-hydrogen) atoms. The molecule has 4 fully saturated rings. The van der Waals surface area contributed by atoms with Crippen LogP contribution in [0.5, 0.6) is 11.5 Å². The smallest absolute Gasteiger partial charge is 0.191 e. The van der Waals surface area contributed by atoms with Crippen molar-refractivity contribution in [3.63, 3.8) is 0 Å². The maximum Gasteiger partial charge on any atom is 0.191 e. The van der Waals surface area contributed by atoms with Crippen LogP contribution in [0.2, 0.25) is 0 Å². The molecule has 4 nitrogen and oxygen atoms in total. The van der Waals surface area contributed by atoms with Crippen LogP contribution >= 0.6 is 0 Å². The van der Waals surface area contributed by atoms with Crippen molar-refractivity contribution in [1.29, 1.82) is 0 Å². The molecule has 4 heteroatoms. The second-order valence-corrected chi connectivity index (χ2v) is 10.9. The summed E-state index contributed by atoms with van der Waals surface area (Å²) >= 11 is 0. The molecular formula is C30H34O4. The summed E-state index contributed by atoms with van der Waals surface area (Å²) < 4.78 is 17.2. The molecule has 0 aliphatic heterocycles. The normalized spacial score (nSPS) is 28.4. The molecule has 0 spiro atoms. The Hall–Kier alpha value is -2.56. The highest BCUT2D eigenvalue weighted by Gasteiger charge is 2.52. The van der Waals surface area contributed by atoms with Gasteiger partial charge < -0.3 is 19.3 Å². The van der Waals surface area contributed by atoms with Gasteiger partial charge in [-0.3, -0.25) is 0 Å². The van der Waals surface area contributed by atoms with Crippen LogP contribution in [0, 0.1) is 17.8 Å². The second kappa shape index (κ2) is 8.58. The third kappa shape index (κ3) is 3.87. The lowest BCUT2D eigenvalue weighted by Gasteiger charge is -2.57. The first kappa shape index (κ1) is 21.9. The lowest BCUT2D eigenvalue weighted by Crippen LogP contribution is -2.48. The fraction of sp³-hybridized carbons (Fsp3) is 0.467. The molecule has 3 aromatic rings. The van der Waals surface area contributed by atoms with E-state index in [0.717, 1.165) is 40.0 Å². The molecule has 0 aromatic heterocycles. The van der Waals surface area contributed by atoms with E-state index in [1.165, 1.54) is 49.5 Å². The van der Waals surface area contributed by atoms with E-state index in [0.29, 0.717) is 5.75 Å². The number of phenols is 1. The highest BCUT2D eigenvalue weighted by atomic mass is 16.7. The van der Waals surface area contributed by atoms with E-state index in [4.69, 9.17) is 14.2 Å². The van der Waals surface area contributed by atoms with E-state index in [2.05, 4.69) is 30.3 Å². The van der Waals surface area contributed by atoms with Gasteiger partial charge in [0.15, 0.2) is 13.1 Å². The zero-order valence-electron chi connectivity index (χ0n) is 20.1. The SMILES string of the molecule is COC(C)OCOc1cc2ccc(-c3ccccc3O)cc2cc1C12CC3CC(CC(C3)C1)C2. The van der Waals surface area contributed by atoms with E-state index in [1.807, 2.05) is 25.1 Å². The van der Waals surface area contributed by atoms with Crippen molar-refractivity contribution in [3.8, 4) is 22.6 Å². The molecule has 4 bridgehead atoms. The molecule has 1 N–H and O–H groups in total. The second-order valence-electron chi connectivity index (χ2n) is 10.9. The Bertz CT molecular complexity index is 1160. The van der Waals surface area contributed by atoms with Crippen molar-refractivity contribution in [3.05, 3.63) is 60.2 Å². The van der Waals surface area contributed by atoms with E-state index in [9.17, 15) is 5.11 Å². The van der Waals surface area contributed by atoms with E-state index < -0.39 is 0 Å². The quantitative estimate of drug-likeness (QED) is 0.386. The van der Waals surface area contributed by atoms with Gasteiger partial charge in [-0.05, 0) is 109 Å². The maximum absolute atomic E-state index is 10.4. The first-order chi connectivity index (χ1) is 16.5. The van der Waals surface area contributed by atoms with Gasteiger partial charge in [0.25, 0.3) is 0 Å². The number of hydrogen-bond donors (Lipinski definition) is 1. The van der Waals surface area contributed by atoms with Crippen LogP contribution in [0.1, 0.15) is 51.0 Å². The summed E-state index contributed by atoms with van der Waals surface area (Å²) in [6.07, 6.45) is 7.75. The Morgan fingerprint density at radius 3 is 2.29 bits per heavy atom. The van der Waals surface area contributed by atoms with Gasteiger partial charge >= 0.3 is 0 Å². The van der Waals surface area contributed by atoms with Crippen molar-refractivity contribution in [2.24, 2.45) is 17.8 Å². The van der Waals surface area contributed by atoms with Crippen molar-refractivity contribution in [2.45, 2.75) is 57.2 Å². The fourth-order valence-electron chi connectivity index (χ4n) is 7.40. The molecule has 1 atom stereocenters. The molecular weight excluding hydrogens is 424 g/mol. The monoisotopic (exact) mass is 458 g/mol. The molecule has 0 amide bonds. The number of rotatable bonds is 7. The summed E-state index contributed by atoms with van der Waals surface area (Å²) in [6, 6.07) is 18.5. The predicted molar refractivity (Wildman–Crippen MR) is 134 cm³/mol. The molecule has 7 rings (SSSR count).